The molecule has 0 aliphatic rings. The first-order valence-electron chi connectivity index (χ1n) is 6.55. The number of hydrogen-bond donors (Lipinski definition) is 0. The summed E-state index contributed by atoms with van der Waals surface area (Å²) in [7, 11) is -3.52. The Labute approximate surface area is 132 Å². The van der Waals surface area contributed by atoms with Gasteiger partial charge in [0.15, 0.2) is 21.3 Å². The van der Waals surface area contributed by atoms with E-state index in [9.17, 15) is 13.2 Å². The summed E-state index contributed by atoms with van der Waals surface area (Å²) in [5.41, 5.74) is 0.185. The highest BCUT2D eigenvalue weighted by Gasteiger charge is 2.25. The fourth-order valence-corrected chi connectivity index (χ4v) is 3.25. The number of benzene rings is 1. The lowest BCUT2D eigenvalue weighted by Crippen LogP contribution is -2.10. The lowest BCUT2D eigenvalue weighted by atomic mass is 10.1. The molecule has 0 atom stereocenters. The second kappa shape index (κ2) is 6.50. The zero-order valence-electron chi connectivity index (χ0n) is 12.0. The average molecular weight is 344 g/mol. The normalized spacial score (nSPS) is 11.4. The molecule has 0 saturated heterocycles. The molecule has 22 heavy (non-hydrogen) atoms. The number of carbonyl (C=O) groups excluding carboxylic acids is 1. The van der Waals surface area contributed by atoms with Crippen LogP contribution in [-0.4, -0.2) is 31.7 Å². The van der Waals surface area contributed by atoms with Gasteiger partial charge in [0.2, 0.25) is 5.78 Å². The van der Waals surface area contributed by atoms with Gasteiger partial charge in [0, 0.05) is 11.6 Å². The molecule has 0 amide bonds. The first-order chi connectivity index (χ1) is 10.4. The molecule has 2 rings (SSSR count). The molecule has 0 spiro atoms. The monoisotopic (exact) mass is 343 g/mol. The topological polar surface area (TPSA) is 86.5 Å². The zero-order chi connectivity index (χ0) is 16.3. The van der Waals surface area contributed by atoms with Gasteiger partial charge in [-0.15, -0.1) is 0 Å². The molecule has 0 aliphatic heterocycles. The first kappa shape index (κ1) is 16.5. The van der Waals surface area contributed by atoms with Crippen molar-refractivity contribution < 1.29 is 22.5 Å². The van der Waals surface area contributed by atoms with Crippen molar-refractivity contribution in [1.82, 2.24) is 5.16 Å². The van der Waals surface area contributed by atoms with Crippen LogP contribution in [-0.2, 0) is 9.84 Å². The maximum absolute atomic E-state index is 12.3. The van der Waals surface area contributed by atoms with Gasteiger partial charge in [-0.2, -0.15) is 0 Å². The van der Waals surface area contributed by atoms with Crippen molar-refractivity contribution in [2.45, 2.75) is 18.7 Å². The van der Waals surface area contributed by atoms with E-state index in [-0.39, 0.29) is 39.3 Å². The Kier molecular flexibility index (Phi) is 4.87. The smallest absolute Gasteiger partial charge is 0.216 e. The van der Waals surface area contributed by atoms with Crippen LogP contribution in [0.15, 0.2) is 33.9 Å². The summed E-state index contributed by atoms with van der Waals surface area (Å²) in [4.78, 5) is 12.3. The molecule has 2 aromatic rings. The van der Waals surface area contributed by atoms with E-state index in [0.717, 1.165) is 0 Å². The largest absolute Gasteiger partial charge is 0.491 e. The Morgan fingerprint density at radius 2 is 2.05 bits per heavy atom. The van der Waals surface area contributed by atoms with Crippen molar-refractivity contribution in [3.05, 3.63) is 40.7 Å². The standard InChI is InChI=1S/C14H14ClNO5S/c1-3-20-14-11(22(18,19)4-2)6-5-9(12(14)15)13(17)10-7-8-21-16-10/h5-8H,3-4H2,1-2H3. The molecular formula is C14H14ClNO5S. The SMILES string of the molecule is CCOc1c(S(=O)(=O)CC)ccc(C(=O)c2ccon2)c1Cl. The summed E-state index contributed by atoms with van der Waals surface area (Å²) < 4.78 is 34.2. The number of sulfone groups is 1. The summed E-state index contributed by atoms with van der Waals surface area (Å²) in [6, 6.07) is 4.07. The van der Waals surface area contributed by atoms with Crippen LogP contribution >= 0.6 is 11.6 Å². The lowest BCUT2D eigenvalue weighted by molar-refractivity contribution is 0.103. The third-order valence-electron chi connectivity index (χ3n) is 2.98. The molecule has 118 valence electrons. The predicted octanol–water partition coefficient (Wildman–Crippen LogP) is 2.75. The van der Waals surface area contributed by atoms with Gasteiger partial charge in [0.05, 0.1) is 17.4 Å². The number of halogens is 1. The molecule has 1 aromatic carbocycles. The van der Waals surface area contributed by atoms with E-state index in [1.54, 1.807) is 6.92 Å². The molecule has 0 unspecified atom stereocenters. The summed E-state index contributed by atoms with van der Waals surface area (Å²) in [5.74, 6) is -0.583. The van der Waals surface area contributed by atoms with Crippen LogP contribution in [0.5, 0.6) is 5.75 Å². The highest BCUT2D eigenvalue weighted by molar-refractivity contribution is 7.91. The van der Waals surface area contributed by atoms with Crippen molar-refractivity contribution >= 4 is 27.2 Å². The minimum atomic E-state index is -3.52. The van der Waals surface area contributed by atoms with E-state index < -0.39 is 15.6 Å². The fourth-order valence-electron chi connectivity index (χ4n) is 1.86. The number of carbonyl (C=O) groups is 1. The summed E-state index contributed by atoms with van der Waals surface area (Å²) in [6.45, 7) is 3.44. The van der Waals surface area contributed by atoms with Crippen molar-refractivity contribution in [1.29, 1.82) is 0 Å². The highest BCUT2D eigenvalue weighted by atomic mass is 35.5. The van der Waals surface area contributed by atoms with Crippen LogP contribution in [0.3, 0.4) is 0 Å². The first-order valence-corrected chi connectivity index (χ1v) is 8.58. The van der Waals surface area contributed by atoms with Gasteiger partial charge in [-0.1, -0.05) is 23.7 Å². The molecule has 0 N–H and O–H groups in total. The molecular weight excluding hydrogens is 330 g/mol. The summed E-state index contributed by atoms with van der Waals surface area (Å²) >= 11 is 6.20. The summed E-state index contributed by atoms with van der Waals surface area (Å²) in [5, 5.41) is 3.50. The van der Waals surface area contributed by atoms with E-state index in [1.807, 2.05) is 0 Å². The Balaban J connectivity index is 2.61. The van der Waals surface area contributed by atoms with Gasteiger partial charge in [-0.3, -0.25) is 4.79 Å². The molecule has 0 fully saturated rings. The van der Waals surface area contributed by atoms with Crippen molar-refractivity contribution in [3.63, 3.8) is 0 Å². The minimum absolute atomic E-state index is 0.0136. The van der Waals surface area contributed by atoms with Crippen LogP contribution in [0.1, 0.15) is 29.9 Å². The van der Waals surface area contributed by atoms with Gasteiger partial charge >= 0.3 is 0 Å². The second-order valence-electron chi connectivity index (χ2n) is 4.30. The van der Waals surface area contributed by atoms with Crippen LogP contribution < -0.4 is 4.74 Å². The van der Waals surface area contributed by atoms with Crippen molar-refractivity contribution in [2.75, 3.05) is 12.4 Å². The highest BCUT2D eigenvalue weighted by Crippen LogP contribution is 2.36. The minimum Gasteiger partial charge on any atom is -0.491 e. The molecule has 0 saturated carbocycles. The predicted molar refractivity (Wildman–Crippen MR) is 80.3 cm³/mol. The van der Waals surface area contributed by atoms with E-state index >= 15 is 0 Å². The molecule has 1 heterocycles. The van der Waals surface area contributed by atoms with Crippen LogP contribution in [0, 0.1) is 0 Å². The van der Waals surface area contributed by atoms with E-state index in [4.69, 9.17) is 16.3 Å². The lowest BCUT2D eigenvalue weighted by Gasteiger charge is -2.14. The van der Waals surface area contributed by atoms with E-state index in [2.05, 4.69) is 9.68 Å². The van der Waals surface area contributed by atoms with Crippen LogP contribution in [0.2, 0.25) is 5.02 Å². The van der Waals surface area contributed by atoms with Gasteiger partial charge in [-0.05, 0) is 19.1 Å². The molecule has 8 heteroatoms. The third-order valence-corrected chi connectivity index (χ3v) is 5.11. The zero-order valence-corrected chi connectivity index (χ0v) is 13.6. The maximum atomic E-state index is 12.3. The van der Waals surface area contributed by atoms with Gasteiger partial charge in [0.1, 0.15) is 11.2 Å². The van der Waals surface area contributed by atoms with E-state index in [1.165, 1.54) is 31.4 Å². The molecule has 6 nitrogen and oxygen atoms in total. The number of hydrogen-bond acceptors (Lipinski definition) is 6. The van der Waals surface area contributed by atoms with Crippen molar-refractivity contribution in [2.24, 2.45) is 0 Å². The number of rotatable bonds is 6. The Morgan fingerprint density at radius 3 is 2.59 bits per heavy atom. The molecule has 0 aliphatic carbocycles. The number of ketones is 1. The van der Waals surface area contributed by atoms with Gasteiger partial charge in [0.25, 0.3) is 0 Å². The number of nitrogens with zero attached hydrogens (tertiary/aromatic N) is 1. The maximum Gasteiger partial charge on any atom is 0.216 e. The second-order valence-corrected chi connectivity index (χ2v) is 6.93. The molecule has 0 bridgehead atoms. The number of aromatic nitrogens is 1. The number of ether oxygens (including phenoxy) is 1. The quantitative estimate of drug-likeness (QED) is 0.749. The van der Waals surface area contributed by atoms with Gasteiger partial charge in [-0.25, -0.2) is 8.42 Å². The van der Waals surface area contributed by atoms with Crippen LogP contribution in [0.25, 0.3) is 0 Å². The Hall–Kier alpha value is -1.86. The van der Waals surface area contributed by atoms with Crippen LogP contribution in [0.4, 0.5) is 0 Å². The third kappa shape index (κ3) is 3.00. The molecule has 1 aromatic heterocycles. The fraction of sp³-hybridized carbons (Fsp3) is 0.286. The van der Waals surface area contributed by atoms with Gasteiger partial charge < -0.3 is 9.26 Å². The van der Waals surface area contributed by atoms with E-state index in [0.29, 0.717) is 0 Å². The van der Waals surface area contributed by atoms with Crippen molar-refractivity contribution in [3.8, 4) is 5.75 Å². The summed E-state index contributed by atoms with van der Waals surface area (Å²) in [6.07, 6.45) is 1.26. The Morgan fingerprint density at radius 1 is 1.32 bits per heavy atom. The Bertz CT molecular complexity index is 784. The molecule has 0 radical (unpaired) electrons. The average Bonchev–Trinajstić information content (AvgIpc) is 3.03.